The fourth-order valence-corrected chi connectivity index (χ4v) is 8.84. The van der Waals surface area contributed by atoms with Gasteiger partial charge in [0.2, 0.25) is 0 Å². The van der Waals surface area contributed by atoms with Gasteiger partial charge in [0.1, 0.15) is 35.2 Å². The Kier molecular flexibility index (Phi) is 6.24. The molecule has 5 saturated heterocycles. The first-order valence-electron chi connectivity index (χ1n) is 16.1. The second-order valence-electron chi connectivity index (χ2n) is 13.9. The molecule has 9 nitrogen and oxygen atoms in total. The number of rotatable bonds is 5. The summed E-state index contributed by atoms with van der Waals surface area (Å²) < 4.78 is 43.8. The number of fused-ring (bicyclic) bond motifs is 5. The molecule has 5 aliphatic rings. The molecule has 9 rings (SSSR count). The molecule has 4 aromatic rings. The first-order valence-corrected chi connectivity index (χ1v) is 16.1. The molecule has 0 saturated carbocycles. The molecule has 11 heteroatoms. The Labute approximate surface area is 264 Å². The second-order valence-corrected chi connectivity index (χ2v) is 13.9. The number of halogens is 2. The van der Waals surface area contributed by atoms with Crippen molar-refractivity contribution in [3.63, 3.8) is 0 Å². The van der Waals surface area contributed by atoms with Gasteiger partial charge in [-0.15, -0.1) is 6.42 Å². The van der Waals surface area contributed by atoms with Crippen LogP contribution in [-0.2, 0) is 4.74 Å². The molecule has 46 heavy (non-hydrogen) atoms. The van der Waals surface area contributed by atoms with Gasteiger partial charge in [0.15, 0.2) is 5.82 Å². The van der Waals surface area contributed by atoms with E-state index in [9.17, 15) is 9.50 Å². The maximum absolute atomic E-state index is 16.9. The normalized spacial score (nSPS) is 26.5. The molecule has 5 aliphatic heterocycles. The maximum Gasteiger partial charge on any atom is 0.319 e. The average Bonchev–Trinajstić information content (AvgIpc) is 3.69. The largest absolute Gasteiger partial charge is 0.508 e. The Morgan fingerprint density at radius 1 is 1.15 bits per heavy atom. The van der Waals surface area contributed by atoms with Crippen LogP contribution in [0.2, 0.25) is 0 Å². The van der Waals surface area contributed by atoms with Crippen molar-refractivity contribution in [3.05, 3.63) is 47.7 Å². The highest BCUT2D eigenvalue weighted by atomic mass is 19.1. The zero-order valence-corrected chi connectivity index (χ0v) is 25.4. The van der Waals surface area contributed by atoms with E-state index in [1.807, 2.05) is 0 Å². The average molecular weight is 625 g/mol. The Morgan fingerprint density at radius 3 is 2.74 bits per heavy atom. The SMILES string of the molecule is C#Cc1c(F)ccc2cc(O)cc(-c3ncc4c(N5C[C@H]6CC[C@@H](C5)N6)nc(OCC56CCCN5CC5(COC5)C6)nc4c3F)c12. The third kappa shape index (κ3) is 4.27. The van der Waals surface area contributed by atoms with Crippen molar-refractivity contribution >= 4 is 27.5 Å². The monoisotopic (exact) mass is 624 g/mol. The molecule has 5 fully saturated rings. The van der Waals surface area contributed by atoms with Gasteiger partial charge in [-0.05, 0) is 62.2 Å². The summed E-state index contributed by atoms with van der Waals surface area (Å²) in [5.41, 5.74) is 0.200. The number of aromatic nitrogens is 3. The summed E-state index contributed by atoms with van der Waals surface area (Å²) in [5, 5.41) is 15.4. The highest BCUT2D eigenvalue weighted by Crippen LogP contribution is 2.51. The molecular weight excluding hydrogens is 590 g/mol. The van der Waals surface area contributed by atoms with E-state index in [0.717, 1.165) is 71.5 Å². The number of hydrogen-bond donors (Lipinski definition) is 2. The van der Waals surface area contributed by atoms with Crippen molar-refractivity contribution in [3.8, 4) is 35.4 Å². The molecule has 236 valence electrons. The molecule has 0 amide bonds. The lowest BCUT2D eigenvalue weighted by atomic mass is 9.78. The third-order valence-corrected chi connectivity index (χ3v) is 10.9. The van der Waals surface area contributed by atoms with E-state index in [4.69, 9.17) is 20.9 Å². The lowest BCUT2D eigenvalue weighted by molar-refractivity contribution is -0.107. The van der Waals surface area contributed by atoms with E-state index < -0.39 is 11.6 Å². The number of nitrogens with one attached hydrogen (secondary N) is 1. The summed E-state index contributed by atoms with van der Waals surface area (Å²) in [6.07, 6.45) is 12.6. The molecule has 7 heterocycles. The standard InChI is InChI=1S/C35H34F2N6O3/c1-2-24-27(36)7-4-20-10-23(44)11-25(28(20)24)30-29(37)31-26(12-38-30)32(42-13-21-5-6-22(14-42)39-21)41-33(40-31)46-19-35-8-3-9-43(35)16-34(15-35)17-45-18-34/h1,4,7,10-12,21-22,39,44H,3,5-6,8-9,13-19H2/t21-,22+,35?. The minimum absolute atomic E-state index is 0.0240. The fraction of sp³-hybridized carbons (Fsp3) is 0.457. The molecule has 3 atom stereocenters. The van der Waals surface area contributed by atoms with Crippen molar-refractivity contribution in [1.82, 2.24) is 25.2 Å². The minimum atomic E-state index is -0.713. The molecule has 2 aromatic heterocycles. The van der Waals surface area contributed by atoms with Crippen molar-refractivity contribution in [2.45, 2.75) is 49.7 Å². The summed E-state index contributed by atoms with van der Waals surface area (Å²) in [7, 11) is 0. The van der Waals surface area contributed by atoms with Crippen molar-refractivity contribution in [2.75, 3.05) is 50.9 Å². The highest BCUT2D eigenvalue weighted by molar-refractivity contribution is 6.03. The number of phenols is 1. The molecule has 2 bridgehead atoms. The quantitative estimate of drug-likeness (QED) is 0.314. The first kappa shape index (κ1) is 28.1. The van der Waals surface area contributed by atoms with Crippen LogP contribution in [0.1, 0.15) is 37.7 Å². The molecular formula is C35H34F2N6O3. The molecule has 0 radical (unpaired) electrons. The summed E-state index contributed by atoms with van der Waals surface area (Å²) in [4.78, 5) is 18.8. The van der Waals surface area contributed by atoms with Gasteiger partial charge in [-0.1, -0.05) is 12.0 Å². The minimum Gasteiger partial charge on any atom is -0.508 e. The zero-order chi connectivity index (χ0) is 31.2. The Balaban J connectivity index is 1.17. The van der Waals surface area contributed by atoms with E-state index >= 15 is 4.39 Å². The molecule has 2 aromatic carbocycles. The number of piperazine rings is 1. The van der Waals surface area contributed by atoms with Crippen molar-refractivity contribution in [2.24, 2.45) is 5.41 Å². The van der Waals surface area contributed by atoms with Gasteiger partial charge < -0.3 is 24.8 Å². The van der Waals surface area contributed by atoms with E-state index in [1.54, 1.807) is 6.20 Å². The summed E-state index contributed by atoms with van der Waals surface area (Å²) >= 11 is 0. The van der Waals surface area contributed by atoms with Crippen LogP contribution < -0.4 is 15.0 Å². The topological polar surface area (TPSA) is 95.9 Å². The number of pyridine rings is 1. The Hall–Kier alpha value is -4.11. The maximum atomic E-state index is 16.9. The van der Waals surface area contributed by atoms with Crippen LogP contribution in [0.25, 0.3) is 32.9 Å². The zero-order valence-electron chi connectivity index (χ0n) is 25.4. The Morgan fingerprint density at radius 2 is 1.98 bits per heavy atom. The Bertz CT molecular complexity index is 1950. The summed E-state index contributed by atoms with van der Waals surface area (Å²) in [6.45, 7) is 5.47. The second kappa shape index (κ2) is 10.2. The van der Waals surface area contributed by atoms with Gasteiger partial charge in [-0.2, -0.15) is 9.97 Å². The van der Waals surface area contributed by atoms with Crippen LogP contribution in [0, 0.1) is 29.4 Å². The van der Waals surface area contributed by atoms with Crippen LogP contribution >= 0.6 is 0 Å². The number of anilines is 1. The van der Waals surface area contributed by atoms with Gasteiger partial charge in [-0.25, -0.2) is 8.78 Å². The van der Waals surface area contributed by atoms with Crippen LogP contribution in [0.5, 0.6) is 11.8 Å². The van der Waals surface area contributed by atoms with E-state index in [2.05, 4.69) is 31.0 Å². The lowest BCUT2D eigenvalue weighted by Crippen LogP contribution is -2.51. The first-order chi connectivity index (χ1) is 22.3. The van der Waals surface area contributed by atoms with Crippen molar-refractivity contribution in [1.29, 1.82) is 0 Å². The third-order valence-electron chi connectivity index (χ3n) is 10.9. The van der Waals surface area contributed by atoms with E-state index in [-0.39, 0.29) is 45.1 Å². The number of phenolic OH excluding ortho intramolecular Hbond substituents is 1. The number of aromatic hydroxyl groups is 1. The molecule has 2 N–H and O–H groups in total. The van der Waals surface area contributed by atoms with Crippen LogP contribution in [0.3, 0.4) is 0 Å². The number of hydrogen-bond acceptors (Lipinski definition) is 9. The number of nitrogens with zero attached hydrogens (tertiary/aromatic N) is 5. The number of benzene rings is 2. The predicted molar refractivity (Wildman–Crippen MR) is 169 cm³/mol. The van der Waals surface area contributed by atoms with Crippen LogP contribution in [-0.4, -0.2) is 88.6 Å². The molecule has 1 unspecified atom stereocenters. The van der Waals surface area contributed by atoms with Crippen LogP contribution in [0.4, 0.5) is 14.6 Å². The lowest BCUT2D eigenvalue weighted by Gasteiger charge is -2.39. The van der Waals surface area contributed by atoms with Gasteiger partial charge in [0.25, 0.3) is 0 Å². The van der Waals surface area contributed by atoms with Crippen LogP contribution in [0.15, 0.2) is 30.5 Å². The fourth-order valence-electron chi connectivity index (χ4n) is 8.84. The van der Waals surface area contributed by atoms with Gasteiger partial charge >= 0.3 is 6.01 Å². The summed E-state index contributed by atoms with van der Waals surface area (Å²) in [6, 6.07) is 6.35. The predicted octanol–water partition coefficient (Wildman–Crippen LogP) is 4.38. The smallest absolute Gasteiger partial charge is 0.319 e. The highest BCUT2D eigenvalue weighted by Gasteiger charge is 2.58. The van der Waals surface area contributed by atoms with E-state index in [0.29, 0.717) is 40.7 Å². The van der Waals surface area contributed by atoms with E-state index in [1.165, 1.54) is 24.3 Å². The van der Waals surface area contributed by atoms with Gasteiger partial charge in [0, 0.05) is 54.3 Å². The number of terminal acetylenes is 1. The van der Waals surface area contributed by atoms with Crippen molar-refractivity contribution < 1.29 is 23.4 Å². The van der Waals surface area contributed by atoms with Gasteiger partial charge in [0.05, 0.1) is 29.7 Å². The summed E-state index contributed by atoms with van der Waals surface area (Å²) in [5.74, 6) is 1.54. The molecule has 1 spiro atoms. The van der Waals surface area contributed by atoms with Gasteiger partial charge in [-0.3, -0.25) is 9.88 Å². The molecule has 0 aliphatic carbocycles. The number of ether oxygens (including phenoxy) is 2.